The second kappa shape index (κ2) is 8.70. The maximum atomic E-state index is 13.4. The normalized spacial score (nSPS) is 18.7. The number of phenols is 1. The number of halogens is 2. The third kappa shape index (κ3) is 4.20. The minimum atomic E-state index is -0.392. The van der Waals surface area contributed by atoms with Crippen LogP contribution in [0.4, 0.5) is 14.5 Å². The van der Waals surface area contributed by atoms with Gasteiger partial charge in [-0.25, -0.2) is 8.78 Å². The molecule has 0 aliphatic carbocycles. The van der Waals surface area contributed by atoms with Gasteiger partial charge < -0.3 is 15.1 Å². The van der Waals surface area contributed by atoms with Crippen LogP contribution in [0.5, 0.6) is 5.75 Å². The van der Waals surface area contributed by atoms with E-state index in [9.17, 15) is 23.8 Å². The highest BCUT2D eigenvalue weighted by Gasteiger charge is 2.48. The van der Waals surface area contributed by atoms with Crippen LogP contribution in [-0.4, -0.2) is 22.7 Å². The van der Waals surface area contributed by atoms with E-state index in [0.717, 1.165) is 5.56 Å². The molecule has 1 heterocycles. The number of β-lactam (4-membered cyclic amide) rings is 1. The predicted molar refractivity (Wildman–Crippen MR) is 114 cm³/mol. The van der Waals surface area contributed by atoms with E-state index >= 15 is 0 Å². The van der Waals surface area contributed by atoms with Gasteiger partial charge in [0.25, 0.3) is 0 Å². The lowest BCUT2D eigenvalue weighted by atomic mass is 9.79. The van der Waals surface area contributed by atoms with Crippen molar-refractivity contribution in [2.45, 2.75) is 12.5 Å². The van der Waals surface area contributed by atoms with Crippen molar-refractivity contribution >= 4 is 17.2 Å². The average molecular weight is 421 g/mol. The van der Waals surface area contributed by atoms with Gasteiger partial charge in [-0.2, -0.15) is 0 Å². The number of benzene rings is 3. The molecule has 0 bridgehead atoms. The molecule has 0 spiro atoms. The van der Waals surface area contributed by atoms with Crippen molar-refractivity contribution in [2.24, 2.45) is 5.92 Å². The van der Waals surface area contributed by atoms with Crippen molar-refractivity contribution in [2.75, 3.05) is 11.5 Å². The monoisotopic (exact) mass is 421 g/mol. The molecule has 4 nitrogen and oxygen atoms in total. The molecule has 3 aromatic carbocycles. The van der Waals surface area contributed by atoms with E-state index in [0.29, 0.717) is 23.2 Å². The summed E-state index contributed by atoms with van der Waals surface area (Å²) in [6, 6.07) is 17.9. The minimum absolute atomic E-state index is 0.114. The van der Waals surface area contributed by atoms with Crippen LogP contribution in [0.15, 0.2) is 78.9 Å². The molecule has 1 saturated heterocycles. The molecule has 4 rings (SSSR count). The van der Waals surface area contributed by atoms with Crippen LogP contribution in [-0.2, 0) is 4.79 Å². The van der Waals surface area contributed by atoms with Crippen LogP contribution < -0.4 is 4.90 Å². The quantitative estimate of drug-likeness (QED) is 0.560. The average Bonchev–Trinajstić information content (AvgIpc) is 2.78. The number of aromatic hydroxyl groups is 1. The molecule has 1 aliphatic rings. The molecule has 1 unspecified atom stereocenters. The Labute approximate surface area is 178 Å². The number of carbonyl (C=O) groups is 1. The number of nitrogens with zero attached hydrogens (tertiary/aromatic N) is 1. The maximum absolute atomic E-state index is 13.4. The Morgan fingerprint density at radius 1 is 0.903 bits per heavy atom. The molecule has 1 aliphatic heterocycles. The smallest absolute Gasteiger partial charge is 0.233 e. The molecule has 6 heteroatoms. The zero-order valence-electron chi connectivity index (χ0n) is 16.6. The highest BCUT2D eigenvalue weighted by Crippen LogP contribution is 2.45. The van der Waals surface area contributed by atoms with Gasteiger partial charge in [0, 0.05) is 5.69 Å². The van der Waals surface area contributed by atoms with Crippen LogP contribution in [0.2, 0.25) is 0 Å². The first-order chi connectivity index (χ1) is 15.0. The highest BCUT2D eigenvalue weighted by molar-refractivity contribution is 6.03. The number of carbonyl (C=O) groups excluding carboxylic acids is 1. The van der Waals surface area contributed by atoms with E-state index in [-0.39, 0.29) is 35.9 Å². The Morgan fingerprint density at radius 3 is 2.06 bits per heavy atom. The van der Waals surface area contributed by atoms with Gasteiger partial charge in [0.1, 0.15) is 17.4 Å². The van der Waals surface area contributed by atoms with Crippen LogP contribution in [0, 0.1) is 17.6 Å². The number of aliphatic hydroxyl groups is 1. The van der Waals surface area contributed by atoms with E-state index < -0.39 is 5.92 Å². The van der Waals surface area contributed by atoms with Gasteiger partial charge in [0.15, 0.2) is 0 Å². The third-order valence-corrected chi connectivity index (χ3v) is 5.56. The number of anilines is 1. The summed E-state index contributed by atoms with van der Waals surface area (Å²) in [4.78, 5) is 14.6. The second-order valence-corrected chi connectivity index (χ2v) is 7.46. The summed E-state index contributed by atoms with van der Waals surface area (Å²) in [6.07, 6.45) is 2.17. The number of hydrogen-bond acceptors (Lipinski definition) is 3. The summed E-state index contributed by atoms with van der Waals surface area (Å²) in [6.45, 7) is -0.238. The molecule has 2 atom stereocenters. The van der Waals surface area contributed by atoms with Gasteiger partial charge in [-0.15, -0.1) is 0 Å². The van der Waals surface area contributed by atoms with Crippen LogP contribution >= 0.6 is 0 Å². The van der Waals surface area contributed by atoms with Crippen LogP contribution in [0.3, 0.4) is 0 Å². The Balaban J connectivity index is 1.63. The Morgan fingerprint density at radius 2 is 1.48 bits per heavy atom. The van der Waals surface area contributed by atoms with Gasteiger partial charge in [0.05, 0.1) is 18.6 Å². The highest BCUT2D eigenvalue weighted by atomic mass is 19.1. The first-order valence-corrected chi connectivity index (χ1v) is 9.91. The molecule has 0 aromatic heterocycles. The number of allylic oxidation sites excluding steroid dienone is 1. The van der Waals surface area contributed by atoms with Crippen LogP contribution in [0.1, 0.15) is 23.6 Å². The summed E-state index contributed by atoms with van der Waals surface area (Å²) in [5, 5.41) is 19.4. The Kier molecular flexibility index (Phi) is 5.82. The van der Waals surface area contributed by atoms with Gasteiger partial charge >= 0.3 is 0 Å². The summed E-state index contributed by atoms with van der Waals surface area (Å²) in [5.74, 6) is -1.13. The van der Waals surface area contributed by atoms with Crippen molar-refractivity contribution in [1.29, 1.82) is 0 Å². The largest absolute Gasteiger partial charge is 0.508 e. The molecule has 0 radical (unpaired) electrons. The molecule has 3 aromatic rings. The van der Waals surface area contributed by atoms with Crippen molar-refractivity contribution in [1.82, 2.24) is 0 Å². The molecule has 2 N–H and O–H groups in total. The number of phenolic OH excluding ortho intramolecular Hbond substituents is 1. The second-order valence-electron chi connectivity index (χ2n) is 7.46. The van der Waals surface area contributed by atoms with Crippen molar-refractivity contribution in [3.05, 3.63) is 102 Å². The lowest BCUT2D eigenvalue weighted by molar-refractivity contribution is -0.130. The standard InChI is InChI=1S/C25H21F2NO3/c26-19-6-1-16(2-7-19)18(15-29)5-14-23-24(17-3-12-22(30)13-4-17)28(25(23)31)21-10-8-20(27)9-11-21/h1-13,23-24,29-30H,14-15H2/t23-,24?/m1/s1. The molecule has 0 saturated carbocycles. The van der Waals surface area contributed by atoms with E-state index in [1.54, 1.807) is 59.5 Å². The first kappa shape index (κ1) is 20.8. The summed E-state index contributed by atoms with van der Waals surface area (Å²) in [7, 11) is 0. The minimum Gasteiger partial charge on any atom is -0.508 e. The lowest BCUT2D eigenvalue weighted by Gasteiger charge is -2.47. The van der Waals surface area contributed by atoms with Gasteiger partial charge in [-0.1, -0.05) is 30.3 Å². The summed E-state index contributed by atoms with van der Waals surface area (Å²) >= 11 is 0. The fraction of sp³-hybridized carbons (Fsp3) is 0.160. The molecular weight excluding hydrogens is 400 g/mol. The zero-order chi connectivity index (χ0) is 22.0. The van der Waals surface area contributed by atoms with E-state index in [1.165, 1.54) is 24.3 Å². The van der Waals surface area contributed by atoms with Crippen molar-refractivity contribution in [3.63, 3.8) is 0 Å². The molecular formula is C25H21F2NO3. The molecule has 158 valence electrons. The summed E-state index contributed by atoms with van der Waals surface area (Å²) in [5.41, 5.74) is 2.72. The predicted octanol–water partition coefficient (Wildman–Crippen LogP) is 4.84. The SMILES string of the molecule is O=C1[C@H](CC=C(CO)c2ccc(F)cc2)C(c2ccc(O)cc2)N1c1ccc(F)cc1. The topological polar surface area (TPSA) is 60.8 Å². The lowest BCUT2D eigenvalue weighted by Crippen LogP contribution is -2.55. The molecule has 1 amide bonds. The first-order valence-electron chi connectivity index (χ1n) is 9.91. The number of hydrogen-bond donors (Lipinski definition) is 2. The van der Waals surface area contributed by atoms with E-state index in [1.807, 2.05) is 0 Å². The number of aliphatic hydroxyl groups excluding tert-OH is 1. The number of amides is 1. The Bertz CT molecular complexity index is 1090. The van der Waals surface area contributed by atoms with Crippen LogP contribution in [0.25, 0.3) is 5.57 Å². The van der Waals surface area contributed by atoms with Gasteiger partial charge in [-0.05, 0) is 71.7 Å². The summed E-state index contributed by atoms with van der Waals surface area (Å²) < 4.78 is 26.6. The Hall–Kier alpha value is -3.51. The fourth-order valence-corrected chi connectivity index (χ4v) is 3.93. The van der Waals surface area contributed by atoms with Crippen molar-refractivity contribution in [3.8, 4) is 5.75 Å². The van der Waals surface area contributed by atoms with Gasteiger partial charge in [0.2, 0.25) is 5.91 Å². The van der Waals surface area contributed by atoms with Gasteiger partial charge in [-0.3, -0.25) is 4.79 Å². The number of rotatable bonds is 6. The zero-order valence-corrected chi connectivity index (χ0v) is 16.6. The third-order valence-electron chi connectivity index (χ3n) is 5.56. The maximum Gasteiger partial charge on any atom is 0.233 e. The van der Waals surface area contributed by atoms with E-state index in [4.69, 9.17) is 0 Å². The van der Waals surface area contributed by atoms with E-state index in [2.05, 4.69) is 0 Å². The van der Waals surface area contributed by atoms with Crippen molar-refractivity contribution < 1.29 is 23.8 Å². The molecule has 31 heavy (non-hydrogen) atoms. The fourth-order valence-electron chi connectivity index (χ4n) is 3.93. The molecule has 1 fully saturated rings.